The van der Waals surface area contributed by atoms with E-state index in [0.717, 1.165) is 49.4 Å². The SMILES string of the molecule is NC(=O)C1=CC=CC(Cc2ccc(F)c(-c3cccc(CN4CCNCC4)c3)c2)(C(N)=O)C1. The maximum atomic E-state index is 14.9. The van der Waals surface area contributed by atoms with Crippen LogP contribution in [0.1, 0.15) is 17.5 Å². The van der Waals surface area contributed by atoms with Crippen LogP contribution >= 0.6 is 0 Å². The zero-order chi connectivity index (χ0) is 23.4. The molecular formula is C26H29FN4O2. The third-order valence-electron chi connectivity index (χ3n) is 6.43. The normalized spacial score (nSPS) is 20.9. The lowest BCUT2D eigenvalue weighted by Crippen LogP contribution is -2.42. The number of carbonyl (C=O) groups is 2. The summed E-state index contributed by atoms with van der Waals surface area (Å²) in [5, 5.41) is 3.35. The number of allylic oxidation sites excluding steroid dienone is 2. The highest BCUT2D eigenvalue weighted by Gasteiger charge is 2.37. The molecule has 0 aromatic heterocycles. The highest BCUT2D eigenvalue weighted by atomic mass is 19.1. The topological polar surface area (TPSA) is 101 Å². The molecule has 33 heavy (non-hydrogen) atoms. The molecule has 1 heterocycles. The maximum absolute atomic E-state index is 14.9. The molecule has 0 saturated carbocycles. The average Bonchev–Trinajstić information content (AvgIpc) is 2.81. The fraction of sp³-hybridized carbons (Fsp3) is 0.308. The number of hydrogen-bond donors (Lipinski definition) is 3. The van der Waals surface area contributed by atoms with Crippen molar-refractivity contribution in [1.29, 1.82) is 0 Å². The molecule has 1 aliphatic carbocycles. The van der Waals surface area contributed by atoms with Crippen LogP contribution in [-0.4, -0.2) is 42.9 Å². The first-order valence-corrected chi connectivity index (χ1v) is 11.2. The molecule has 1 aliphatic heterocycles. The Bertz CT molecular complexity index is 1120. The third kappa shape index (κ3) is 5.21. The molecule has 0 spiro atoms. The number of nitrogens with one attached hydrogen (secondary N) is 1. The summed E-state index contributed by atoms with van der Waals surface area (Å²) in [6.07, 6.45) is 5.32. The molecule has 4 rings (SSSR count). The van der Waals surface area contributed by atoms with E-state index in [-0.39, 0.29) is 18.7 Å². The smallest absolute Gasteiger partial charge is 0.244 e. The lowest BCUT2D eigenvalue weighted by molar-refractivity contribution is -0.125. The Balaban J connectivity index is 1.60. The lowest BCUT2D eigenvalue weighted by atomic mass is 9.73. The summed E-state index contributed by atoms with van der Waals surface area (Å²) in [6.45, 7) is 4.73. The molecule has 2 aliphatic rings. The van der Waals surface area contributed by atoms with Crippen LogP contribution in [-0.2, 0) is 22.6 Å². The molecule has 2 amide bonds. The molecule has 1 atom stereocenters. The van der Waals surface area contributed by atoms with Gasteiger partial charge in [-0.3, -0.25) is 14.5 Å². The van der Waals surface area contributed by atoms with Crippen molar-refractivity contribution in [1.82, 2.24) is 10.2 Å². The first-order chi connectivity index (χ1) is 15.9. The number of halogens is 1. The van der Waals surface area contributed by atoms with Gasteiger partial charge in [0.1, 0.15) is 5.82 Å². The van der Waals surface area contributed by atoms with Gasteiger partial charge in [0.25, 0.3) is 0 Å². The lowest BCUT2D eigenvalue weighted by Gasteiger charge is -2.30. The second-order valence-corrected chi connectivity index (χ2v) is 8.83. The van der Waals surface area contributed by atoms with Crippen LogP contribution in [0.2, 0.25) is 0 Å². The van der Waals surface area contributed by atoms with E-state index >= 15 is 0 Å². The monoisotopic (exact) mass is 448 g/mol. The van der Waals surface area contributed by atoms with Crippen molar-refractivity contribution in [2.45, 2.75) is 19.4 Å². The summed E-state index contributed by atoms with van der Waals surface area (Å²) in [5.74, 6) is -1.45. The van der Waals surface area contributed by atoms with Crippen molar-refractivity contribution in [3.8, 4) is 11.1 Å². The van der Waals surface area contributed by atoms with Gasteiger partial charge in [0.05, 0.1) is 5.41 Å². The predicted octanol–water partition coefficient (Wildman–Crippen LogP) is 2.28. The number of nitrogens with zero attached hydrogens (tertiary/aromatic N) is 1. The number of benzene rings is 2. The molecule has 2 aromatic carbocycles. The minimum Gasteiger partial charge on any atom is -0.369 e. The van der Waals surface area contributed by atoms with Gasteiger partial charge in [-0.2, -0.15) is 0 Å². The van der Waals surface area contributed by atoms with Gasteiger partial charge >= 0.3 is 0 Å². The fourth-order valence-corrected chi connectivity index (χ4v) is 4.59. The quantitative estimate of drug-likeness (QED) is 0.605. The van der Waals surface area contributed by atoms with E-state index in [1.54, 1.807) is 30.4 Å². The van der Waals surface area contributed by atoms with Gasteiger partial charge in [-0.1, -0.05) is 42.5 Å². The summed E-state index contributed by atoms with van der Waals surface area (Å²) in [6, 6.07) is 12.7. The average molecular weight is 449 g/mol. The van der Waals surface area contributed by atoms with Crippen LogP contribution in [0, 0.1) is 11.2 Å². The summed E-state index contributed by atoms with van der Waals surface area (Å²) < 4.78 is 14.9. The van der Waals surface area contributed by atoms with Crippen molar-refractivity contribution >= 4 is 11.8 Å². The molecular weight excluding hydrogens is 419 g/mol. The van der Waals surface area contributed by atoms with Gasteiger partial charge in [-0.25, -0.2) is 4.39 Å². The van der Waals surface area contributed by atoms with Gasteiger partial charge in [-0.05, 0) is 47.7 Å². The summed E-state index contributed by atoms with van der Waals surface area (Å²) in [7, 11) is 0. The van der Waals surface area contributed by atoms with Crippen molar-refractivity contribution in [3.63, 3.8) is 0 Å². The number of piperazine rings is 1. The zero-order valence-electron chi connectivity index (χ0n) is 18.5. The number of hydrogen-bond acceptors (Lipinski definition) is 4. The minimum atomic E-state index is -1.08. The Morgan fingerprint density at radius 1 is 1.06 bits per heavy atom. The van der Waals surface area contributed by atoms with Crippen LogP contribution in [0.5, 0.6) is 0 Å². The maximum Gasteiger partial charge on any atom is 0.244 e. The molecule has 6 nitrogen and oxygen atoms in total. The zero-order valence-corrected chi connectivity index (χ0v) is 18.5. The van der Waals surface area contributed by atoms with E-state index < -0.39 is 17.2 Å². The van der Waals surface area contributed by atoms with Gasteiger partial charge in [-0.15, -0.1) is 0 Å². The Labute approximate surface area is 193 Å². The standard InChI is InChI=1S/C26H29FN4O2/c27-23-7-6-18(15-26(25(29)33)8-2-5-21(16-26)24(28)32)14-22(23)20-4-1-3-19(13-20)17-31-11-9-30-10-12-31/h1-8,13-14,30H,9-12,15-17H2,(H2,28,32)(H2,29,33). The van der Waals surface area contributed by atoms with Crippen molar-refractivity contribution < 1.29 is 14.0 Å². The van der Waals surface area contributed by atoms with Crippen LogP contribution in [0.3, 0.4) is 0 Å². The second-order valence-electron chi connectivity index (χ2n) is 8.83. The van der Waals surface area contributed by atoms with Gasteiger partial charge in [0.2, 0.25) is 11.8 Å². The molecule has 1 saturated heterocycles. The molecule has 2 aromatic rings. The number of amides is 2. The van der Waals surface area contributed by atoms with Crippen LogP contribution in [0.25, 0.3) is 11.1 Å². The fourth-order valence-electron chi connectivity index (χ4n) is 4.59. The van der Waals surface area contributed by atoms with Crippen molar-refractivity contribution in [3.05, 3.63) is 83.2 Å². The molecule has 172 valence electrons. The first-order valence-electron chi connectivity index (χ1n) is 11.2. The van der Waals surface area contributed by atoms with Gasteiger partial charge in [0.15, 0.2) is 0 Å². The summed E-state index contributed by atoms with van der Waals surface area (Å²) in [4.78, 5) is 26.5. The molecule has 0 bridgehead atoms. The van der Waals surface area contributed by atoms with Gasteiger partial charge < -0.3 is 16.8 Å². The predicted molar refractivity (Wildman–Crippen MR) is 126 cm³/mol. The third-order valence-corrected chi connectivity index (χ3v) is 6.43. The number of primary amides is 2. The first kappa shape index (κ1) is 22.9. The summed E-state index contributed by atoms with van der Waals surface area (Å²) in [5.41, 5.74) is 13.6. The van der Waals surface area contributed by atoms with Crippen LogP contribution in [0.15, 0.2) is 66.3 Å². The molecule has 1 unspecified atom stereocenters. The number of rotatable bonds is 7. The van der Waals surface area contributed by atoms with E-state index in [2.05, 4.69) is 16.3 Å². The van der Waals surface area contributed by atoms with Gasteiger partial charge in [0, 0.05) is 43.9 Å². The summed E-state index contributed by atoms with van der Waals surface area (Å²) >= 11 is 0. The second kappa shape index (κ2) is 9.68. The molecule has 5 N–H and O–H groups in total. The van der Waals surface area contributed by atoms with Crippen molar-refractivity contribution in [2.75, 3.05) is 26.2 Å². The van der Waals surface area contributed by atoms with Crippen LogP contribution < -0.4 is 16.8 Å². The van der Waals surface area contributed by atoms with E-state index in [9.17, 15) is 14.0 Å². The number of nitrogens with two attached hydrogens (primary N) is 2. The Hall–Kier alpha value is -3.29. The minimum absolute atomic E-state index is 0.126. The largest absolute Gasteiger partial charge is 0.369 e. The molecule has 1 fully saturated rings. The number of carbonyl (C=O) groups excluding carboxylic acids is 2. The molecule has 7 heteroatoms. The van der Waals surface area contributed by atoms with E-state index in [4.69, 9.17) is 11.5 Å². The highest BCUT2D eigenvalue weighted by molar-refractivity contribution is 5.95. The van der Waals surface area contributed by atoms with Crippen molar-refractivity contribution in [2.24, 2.45) is 16.9 Å². The van der Waals surface area contributed by atoms with E-state index in [0.29, 0.717) is 11.1 Å². The van der Waals surface area contributed by atoms with E-state index in [1.807, 2.05) is 18.2 Å². The Kier molecular flexibility index (Phi) is 6.72. The Morgan fingerprint density at radius 3 is 2.58 bits per heavy atom. The highest BCUT2D eigenvalue weighted by Crippen LogP contribution is 2.36. The van der Waals surface area contributed by atoms with Crippen LogP contribution in [0.4, 0.5) is 4.39 Å². The van der Waals surface area contributed by atoms with E-state index in [1.165, 1.54) is 6.07 Å². The Morgan fingerprint density at radius 2 is 1.85 bits per heavy atom. The molecule has 0 radical (unpaired) electrons.